The largest absolute Gasteiger partial charge is 0.493 e. The second-order valence-electron chi connectivity index (χ2n) is 8.74. The summed E-state index contributed by atoms with van der Waals surface area (Å²) in [6.07, 6.45) is 5.57. The molecule has 0 radical (unpaired) electrons. The number of anilines is 1. The predicted molar refractivity (Wildman–Crippen MR) is 151 cm³/mol. The van der Waals surface area contributed by atoms with Crippen molar-refractivity contribution in [2.75, 3.05) is 19.5 Å². The number of thioether (sulfide) groups is 1. The van der Waals surface area contributed by atoms with Crippen LogP contribution in [0.3, 0.4) is 0 Å². The number of ether oxygens (including phenoxy) is 2. The lowest BCUT2D eigenvalue weighted by molar-refractivity contribution is -0.115. The topological polar surface area (TPSA) is 95.3 Å². The Bertz CT molecular complexity index is 1460. The molecule has 0 saturated heterocycles. The molecule has 0 fully saturated rings. The highest BCUT2D eigenvalue weighted by molar-refractivity contribution is 8.00. The molecule has 0 aliphatic heterocycles. The van der Waals surface area contributed by atoms with Gasteiger partial charge in [-0.2, -0.15) is 0 Å². The third-order valence-electron chi connectivity index (χ3n) is 6.34. The molecule has 1 N–H and O–H groups in total. The van der Waals surface area contributed by atoms with Gasteiger partial charge in [-0.15, -0.1) is 0 Å². The van der Waals surface area contributed by atoms with Crippen molar-refractivity contribution in [1.29, 1.82) is 0 Å². The molecular formula is C29H32N4O4S. The zero-order chi connectivity index (χ0) is 27.1. The molecule has 1 amide bonds. The van der Waals surface area contributed by atoms with Crippen molar-refractivity contribution in [2.24, 2.45) is 0 Å². The van der Waals surface area contributed by atoms with Gasteiger partial charge in [-0.3, -0.25) is 19.1 Å². The summed E-state index contributed by atoms with van der Waals surface area (Å²) in [5, 5.41) is 3.47. The van der Waals surface area contributed by atoms with Crippen molar-refractivity contribution in [1.82, 2.24) is 14.5 Å². The van der Waals surface area contributed by atoms with E-state index in [-0.39, 0.29) is 11.5 Å². The Balaban J connectivity index is 1.70. The molecule has 2 aromatic heterocycles. The van der Waals surface area contributed by atoms with E-state index >= 15 is 0 Å². The first-order chi connectivity index (χ1) is 18.5. The molecule has 4 aromatic rings. The molecule has 198 valence electrons. The SMILES string of the molecule is CCc1ccc(NC(=O)C(CC)Sc2nc3cc(OC)c(OC)cc3c(=O)n2CCc2ccncc2)cc1. The van der Waals surface area contributed by atoms with E-state index < -0.39 is 5.25 Å². The second-order valence-corrected chi connectivity index (χ2v) is 9.91. The fourth-order valence-corrected chi connectivity index (χ4v) is 5.14. The van der Waals surface area contributed by atoms with Gasteiger partial charge in [0.05, 0.1) is 30.4 Å². The van der Waals surface area contributed by atoms with Crippen molar-refractivity contribution in [3.63, 3.8) is 0 Å². The monoisotopic (exact) mass is 532 g/mol. The summed E-state index contributed by atoms with van der Waals surface area (Å²) < 4.78 is 12.5. The normalized spacial score (nSPS) is 11.8. The van der Waals surface area contributed by atoms with Crippen molar-refractivity contribution in [2.45, 2.75) is 50.1 Å². The number of nitrogens with zero attached hydrogens (tertiary/aromatic N) is 3. The zero-order valence-corrected chi connectivity index (χ0v) is 22.9. The lowest BCUT2D eigenvalue weighted by Gasteiger charge is -2.19. The van der Waals surface area contributed by atoms with Gasteiger partial charge >= 0.3 is 0 Å². The van der Waals surface area contributed by atoms with Crippen LogP contribution in [0, 0.1) is 0 Å². The summed E-state index contributed by atoms with van der Waals surface area (Å²) in [7, 11) is 3.07. The first-order valence-electron chi connectivity index (χ1n) is 12.6. The van der Waals surface area contributed by atoms with Gasteiger partial charge in [0.1, 0.15) is 0 Å². The van der Waals surface area contributed by atoms with E-state index in [0.29, 0.717) is 46.9 Å². The van der Waals surface area contributed by atoms with Crippen molar-refractivity contribution in [3.8, 4) is 11.5 Å². The Morgan fingerprint density at radius 3 is 2.32 bits per heavy atom. The number of aromatic nitrogens is 3. The van der Waals surface area contributed by atoms with Gasteiger partial charge in [-0.25, -0.2) is 4.98 Å². The Labute approximate surface area is 226 Å². The highest BCUT2D eigenvalue weighted by atomic mass is 32.2. The number of hydrogen-bond acceptors (Lipinski definition) is 7. The van der Waals surface area contributed by atoms with Gasteiger partial charge in [0.15, 0.2) is 16.7 Å². The summed E-state index contributed by atoms with van der Waals surface area (Å²) in [6, 6.07) is 15.0. The molecule has 1 unspecified atom stereocenters. The van der Waals surface area contributed by atoms with Crippen molar-refractivity contribution in [3.05, 3.63) is 82.4 Å². The summed E-state index contributed by atoms with van der Waals surface area (Å²) >= 11 is 1.29. The van der Waals surface area contributed by atoms with Gasteiger partial charge in [0, 0.05) is 30.7 Å². The first kappa shape index (κ1) is 27.2. The highest BCUT2D eigenvalue weighted by Gasteiger charge is 2.23. The number of rotatable bonds is 11. The average molecular weight is 533 g/mol. The van der Waals surface area contributed by atoms with Crippen LogP contribution in [0.25, 0.3) is 10.9 Å². The molecule has 0 aliphatic rings. The van der Waals surface area contributed by atoms with E-state index in [1.54, 1.807) is 36.2 Å². The molecule has 1 atom stereocenters. The van der Waals surface area contributed by atoms with Gasteiger partial charge in [0.25, 0.3) is 5.56 Å². The third kappa shape index (κ3) is 6.16. The minimum absolute atomic E-state index is 0.135. The Kier molecular flexibility index (Phi) is 9.02. The number of amides is 1. The van der Waals surface area contributed by atoms with Gasteiger partial charge in [-0.1, -0.05) is 37.7 Å². The van der Waals surface area contributed by atoms with Gasteiger partial charge in [-0.05, 0) is 60.7 Å². The maximum Gasteiger partial charge on any atom is 0.262 e. The summed E-state index contributed by atoms with van der Waals surface area (Å²) in [4.78, 5) is 35.9. The molecule has 4 rings (SSSR count). The molecule has 38 heavy (non-hydrogen) atoms. The lowest BCUT2D eigenvalue weighted by atomic mass is 10.1. The number of aryl methyl sites for hydroxylation is 2. The maximum atomic E-state index is 13.7. The van der Waals surface area contributed by atoms with Crippen molar-refractivity contribution < 1.29 is 14.3 Å². The summed E-state index contributed by atoms with van der Waals surface area (Å²) in [5.74, 6) is 0.807. The van der Waals surface area contributed by atoms with Crippen LogP contribution in [0.2, 0.25) is 0 Å². The summed E-state index contributed by atoms with van der Waals surface area (Å²) in [5.41, 5.74) is 3.29. The zero-order valence-electron chi connectivity index (χ0n) is 22.1. The van der Waals surface area contributed by atoms with Crippen LogP contribution >= 0.6 is 11.8 Å². The first-order valence-corrected chi connectivity index (χ1v) is 13.5. The van der Waals surface area contributed by atoms with Crippen LogP contribution in [-0.4, -0.2) is 39.9 Å². The minimum atomic E-state index is -0.447. The number of benzene rings is 2. The van der Waals surface area contributed by atoms with Crippen LogP contribution in [0.4, 0.5) is 5.69 Å². The smallest absolute Gasteiger partial charge is 0.262 e. The quantitative estimate of drug-likeness (QED) is 0.212. The van der Waals surface area contributed by atoms with E-state index in [1.165, 1.54) is 24.4 Å². The van der Waals surface area contributed by atoms with Gasteiger partial charge in [0.2, 0.25) is 5.91 Å². The van der Waals surface area contributed by atoms with E-state index in [9.17, 15) is 9.59 Å². The summed E-state index contributed by atoms with van der Waals surface area (Å²) in [6.45, 7) is 4.44. The van der Waals surface area contributed by atoms with Gasteiger partial charge < -0.3 is 14.8 Å². The molecule has 0 bridgehead atoms. The molecule has 2 aromatic carbocycles. The fourth-order valence-electron chi connectivity index (χ4n) is 4.10. The molecule has 2 heterocycles. The number of methoxy groups -OCH3 is 2. The van der Waals surface area contributed by atoms with E-state index in [2.05, 4.69) is 17.2 Å². The van der Waals surface area contributed by atoms with Crippen LogP contribution in [0.1, 0.15) is 31.4 Å². The fraction of sp³-hybridized carbons (Fsp3) is 0.310. The molecule has 8 nitrogen and oxygen atoms in total. The standard InChI is InChI=1S/C29H32N4O4S/c1-5-19-7-9-21(10-8-19)31-27(34)26(6-2)38-29-32-23-18-25(37-4)24(36-3)17-22(23)28(35)33(29)16-13-20-11-14-30-15-12-20/h7-12,14-15,17-18,26H,5-6,13,16H2,1-4H3,(H,31,34). The molecular weight excluding hydrogens is 500 g/mol. The Morgan fingerprint density at radius 1 is 1.00 bits per heavy atom. The minimum Gasteiger partial charge on any atom is -0.493 e. The molecule has 9 heteroatoms. The number of pyridine rings is 1. The highest BCUT2D eigenvalue weighted by Crippen LogP contribution is 2.32. The second kappa shape index (κ2) is 12.6. The maximum absolute atomic E-state index is 13.7. The van der Waals surface area contributed by atoms with E-state index in [0.717, 1.165) is 17.7 Å². The number of nitrogens with one attached hydrogen (secondary N) is 1. The number of fused-ring (bicyclic) bond motifs is 1. The van der Waals surface area contributed by atoms with Crippen LogP contribution in [0.5, 0.6) is 11.5 Å². The van der Waals surface area contributed by atoms with Crippen LogP contribution < -0.4 is 20.3 Å². The average Bonchev–Trinajstić information content (AvgIpc) is 2.95. The molecule has 0 spiro atoms. The van der Waals surface area contributed by atoms with E-state index in [1.807, 2.05) is 43.3 Å². The Hall–Kier alpha value is -3.85. The number of carbonyl (C=O) groups is 1. The third-order valence-corrected chi connectivity index (χ3v) is 7.69. The van der Waals surface area contributed by atoms with Crippen LogP contribution in [0.15, 0.2) is 70.9 Å². The molecule has 0 aliphatic carbocycles. The lowest BCUT2D eigenvalue weighted by Crippen LogP contribution is -2.28. The van der Waals surface area contributed by atoms with Crippen molar-refractivity contribution >= 4 is 34.3 Å². The molecule has 0 saturated carbocycles. The predicted octanol–water partition coefficient (Wildman–Crippen LogP) is 5.12. The Morgan fingerprint density at radius 2 is 1.68 bits per heavy atom. The number of carbonyl (C=O) groups excluding carboxylic acids is 1. The van der Waals surface area contributed by atoms with E-state index in [4.69, 9.17) is 14.5 Å². The number of hydrogen-bond donors (Lipinski definition) is 1. The van der Waals surface area contributed by atoms with Crippen LogP contribution in [-0.2, 0) is 24.2 Å².